The first-order chi connectivity index (χ1) is 11.7. The van der Waals surface area contributed by atoms with Crippen LogP contribution in [-0.4, -0.2) is 58.0 Å². The number of carbonyl (C=O) groups is 1. The minimum Gasteiger partial charge on any atom is -0.336 e. The van der Waals surface area contributed by atoms with E-state index < -0.39 is 0 Å². The van der Waals surface area contributed by atoms with Gasteiger partial charge in [0.2, 0.25) is 0 Å². The lowest BCUT2D eigenvalue weighted by molar-refractivity contribution is 0.0632. The zero-order valence-electron chi connectivity index (χ0n) is 14.0. The molecule has 24 heavy (non-hydrogen) atoms. The predicted octanol–water partition coefficient (Wildman–Crippen LogP) is 2.04. The summed E-state index contributed by atoms with van der Waals surface area (Å²) in [6.07, 6.45) is 4.79. The van der Waals surface area contributed by atoms with Crippen LogP contribution in [-0.2, 0) is 13.0 Å². The van der Waals surface area contributed by atoms with Gasteiger partial charge in [-0.25, -0.2) is 9.37 Å². The molecule has 128 valence electrons. The van der Waals surface area contributed by atoms with Crippen LogP contribution in [0.15, 0.2) is 36.7 Å². The highest BCUT2D eigenvalue weighted by atomic mass is 19.1. The van der Waals surface area contributed by atoms with Gasteiger partial charge in [-0.15, -0.1) is 0 Å². The van der Waals surface area contributed by atoms with Crippen LogP contribution >= 0.6 is 0 Å². The fourth-order valence-electron chi connectivity index (χ4n) is 3.09. The van der Waals surface area contributed by atoms with Gasteiger partial charge in [0.05, 0.1) is 0 Å². The van der Waals surface area contributed by atoms with Crippen LogP contribution in [0.4, 0.5) is 4.39 Å². The Bertz CT molecular complexity index is 692. The minimum atomic E-state index is -0.369. The first kappa shape index (κ1) is 16.6. The molecule has 0 radical (unpaired) electrons. The van der Waals surface area contributed by atoms with Gasteiger partial charge in [-0.2, -0.15) is 0 Å². The van der Waals surface area contributed by atoms with E-state index in [1.165, 1.54) is 12.1 Å². The molecule has 2 aromatic rings. The zero-order valence-corrected chi connectivity index (χ0v) is 14.0. The molecule has 1 aliphatic heterocycles. The highest BCUT2D eigenvalue weighted by molar-refractivity contribution is 5.94. The van der Waals surface area contributed by atoms with E-state index in [1.54, 1.807) is 17.0 Å². The van der Waals surface area contributed by atoms with E-state index in [1.807, 2.05) is 12.4 Å². The molecule has 0 spiro atoms. The summed E-state index contributed by atoms with van der Waals surface area (Å²) in [5, 5.41) is 0. The second kappa shape index (κ2) is 7.57. The number of piperazine rings is 1. The molecule has 1 amide bonds. The van der Waals surface area contributed by atoms with Crippen molar-refractivity contribution in [1.29, 1.82) is 0 Å². The van der Waals surface area contributed by atoms with Crippen LogP contribution in [0.2, 0.25) is 0 Å². The molecule has 2 heterocycles. The minimum absolute atomic E-state index is 0.0861. The van der Waals surface area contributed by atoms with Crippen molar-refractivity contribution in [3.63, 3.8) is 0 Å². The van der Waals surface area contributed by atoms with Crippen molar-refractivity contribution in [2.75, 3.05) is 32.7 Å². The summed E-state index contributed by atoms with van der Waals surface area (Å²) in [6.45, 7) is 7.02. The average Bonchev–Trinajstić information content (AvgIpc) is 3.07. The van der Waals surface area contributed by atoms with E-state index in [9.17, 15) is 9.18 Å². The van der Waals surface area contributed by atoms with Gasteiger partial charge >= 0.3 is 0 Å². The third kappa shape index (κ3) is 3.82. The molecule has 0 saturated carbocycles. The molecular weight excluding hydrogens is 307 g/mol. The van der Waals surface area contributed by atoms with Gasteiger partial charge in [-0.1, -0.05) is 13.0 Å². The Hall–Kier alpha value is -2.21. The molecule has 5 nitrogen and oxygen atoms in total. The van der Waals surface area contributed by atoms with Crippen LogP contribution in [0.25, 0.3) is 0 Å². The Morgan fingerprint density at radius 3 is 2.71 bits per heavy atom. The van der Waals surface area contributed by atoms with E-state index in [0.717, 1.165) is 38.4 Å². The van der Waals surface area contributed by atoms with E-state index >= 15 is 0 Å². The molecule has 0 aliphatic carbocycles. The van der Waals surface area contributed by atoms with E-state index in [0.29, 0.717) is 18.7 Å². The third-order valence-corrected chi connectivity index (χ3v) is 4.51. The van der Waals surface area contributed by atoms with E-state index in [4.69, 9.17) is 0 Å². The molecular formula is C18H23FN4O. The van der Waals surface area contributed by atoms with Gasteiger partial charge in [0.15, 0.2) is 0 Å². The summed E-state index contributed by atoms with van der Waals surface area (Å²) < 4.78 is 15.5. The molecule has 0 bridgehead atoms. The van der Waals surface area contributed by atoms with E-state index in [-0.39, 0.29) is 11.7 Å². The number of halogens is 1. The lowest BCUT2D eigenvalue weighted by Gasteiger charge is -2.34. The Labute approximate surface area is 141 Å². The summed E-state index contributed by atoms with van der Waals surface area (Å²) in [6, 6.07) is 5.91. The molecule has 3 rings (SSSR count). The maximum atomic E-state index is 13.3. The van der Waals surface area contributed by atoms with Gasteiger partial charge < -0.3 is 9.47 Å². The second-order valence-electron chi connectivity index (χ2n) is 6.03. The van der Waals surface area contributed by atoms with Crippen molar-refractivity contribution in [2.24, 2.45) is 0 Å². The maximum Gasteiger partial charge on any atom is 0.254 e. The number of hydrogen-bond donors (Lipinski definition) is 0. The molecule has 1 aromatic carbocycles. The first-order valence-electron chi connectivity index (χ1n) is 8.44. The number of nitrogens with zero attached hydrogens (tertiary/aromatic N) is 4. The van der Waals surface area contributed by atoms with Crippen molar-refractivity contribution in [3.05, 3.63) is 53.9 Å². The Morgan fingerprint density at radius 2 is 2.00 bits per heavy atom. The number of amides is 1. The second-order valence-corrected chi connectivity index (χ2v) is 6.03. The lowest BCUT2D eigenvalue weighted by atomic mass is 10.1. The van der Waals surface area contributed by atoms with Gasteiger partial charge in [0.1, 0.15) is 11.6 Å². The summed E-state index contributed by atoms with van der Waals surface area (Å²) in [7, 11) is 0. The smallest absolute Gasteiger partial charge is 0.254 e. The highest BCUT2D eigenvalue weighted by Gasteiger charge is 2.22. The van der Waals surface area contributed by atoms with Crippen LogP contribution in [0, 0.1) is 5.82 Å². The molecule has 1 aromatic heterocycles. The Balaban J connectivity index is 1.50. The van der Waals surface area contributed by atoms with Crippen LogP contribution in [0.5, 0.6) is 0 Å². The largest absolute Gasteiger partial charge is 0.336 e. The Morgan fingerprint density at radius 1 is 1.21 bits per heavy atom. The third-order valence-electron chi connectivity index (χ3n) is 4.51. The molecule has 6 heteroatoms. The van der Waals surface area contributed by atoms with Gasteiger partial charge in [0.25, 0.3) is 5.91 Å². The maximum absolute atomic E-state index is 13.3. The van der Waals surface area contributed by atoms with Crippen LogP contribution < -0.4 is 0 Å². The lowest BCUT2D eigenvalue weighted by Crippen LogP contribution is -2.49. The number of aryl methyl sites for hydroxylation is 1. The quantitative estimate of drug-likeness (QED) is 0.842. The molecule has 1 fully saturated rings. The molecule has 1 aliphatic rings. The topological polar surface area (TPSA) is 41.4 Å². The van der Waals surface area contributed by atoms with Crippen molar-refractivity contribution in [1.82, 2.24) is 19.4 Å². The number of aromatic nitrogens is 2. The number of rotatable bonds is 5. The fourth-order valence-corrected chi connectivity index (χ4v) is 3.09. The molecule has 0 atom stereocenters. The molecule has 0 N–H and O–H groups in total. The zero-order chi connectivity index (χ0) is 16.9. The summed E-state index contributed by atoms with van der Waals surface area (Å²) >= 11 is 0. The number of imidazole rings is 1. The van der Waals surface area contributed by atoms with Gasteiger partial charge in [-0.3, -0.25) is 9.69 Å². The molecule has 0 unspecified atom stereocenters. The summed E-state index contributed by atoms with van der Waals surface area (Å²) in [5.41, 5.74) is 0.425. The normalized spacial score (nSPS) is 15.7. The van der Waals surface area contributed by atoms with Crippen molar-refractivity contribution in [3.8, 4) is 0 Å². The van der Waals surface area contributed by atoms with Crippen molar-refractivity contribution in [2.45, 2.75) is 19.9 Å². The number of hydrogen-bond acceptors (Lipinski definition) is 3. The van der Waals surface area contributed by atoms with Crippen molar-refractivity contribution < 1.29 is 9.18 Å². The van der Waals surface area contributed by atoms with Crippen LogP contribution in [0.3, 0.4) is 0 Å². The van der Waals surface area contributed by atoms with Gasteiger partial charge in [0, 0.05) is 63.6 Å². The monoisotopic (exact) mass is 330 g/mol. The van der Waals surface area contributed by atoms with Crippen LogP contribution in [0.1, 0.15) is 23.1 Å². The first-order valence-corrected chi connectivity index (χ1v) is 8.44. The number of benzene rings is 1. The van der Waals surface area contributed by atoms with Crippen molar-refractivity contribution >= 4 is 5.91 Å². The standard InChI is InChI=1S/C18H23FN4O/c1-2-17-20-6-7-22(17)11-8-21-9-12-23(13-10-21)18(24)15-4-3-5-16(19)14-15/h3-7,14H,2,8-13H2,1H3. The summed E-state index contributed by atoms with van der Waals surface area (Å²) in [5.74, 6) is 0.651. The SMILES string of the molecule is CCc1nccn1CCN1CCN(C(=O)c2cccc(F)c2)CC1. The highest BCUT2D eigenvalue weighted by Crippen LogP contribution is 2.11. The summed E-state index contributed by atoms with van der Waals surface area (Å²) in [4.78, 5) is 20.9. The Kier molecular flexibility index (Phi) is 5.25. The molecule has 1 saturated heterocycles. The predicted molar refractivity (Wildman–Crippen MR) is 90.3 cm³/mol. The van der Waals surface area contributed by atoms with Gasteiger partial charge in [-0.05, 0) is 18.2 Å². The fraction of sp³-hybridized carbons (Fsp3) is 0.444. The average molecular weight is 330 g/mol. The number of carbonyl (C=O) groups excluding carboxylic acids is 1. The van der Waals surface area contributed by atoms with E-state index in [2.05, 4.69) is 21.4 Å².